The molecule has 0 atom stereocenters. The molecule has 0 unspecified atom stereocenters. The lowest BCUT2D eigenvalue weighted by molar-refractivity contribution is -0.121. The van der Waals surface area contributed by atoms with Crippen LogP contribution in [0.2, 0.25) is 0 Å². The van der Waals surface area contributed by atoms with Gasteiger partial charge in [0.2, 0.25) is 5.91 Å². The smallest absolute Gasteiger partial charge is 0.247 e. The van der Waals surface area contributed by atoms with Crippen LogP contribution in [0.15, 0.2) is 23.8 Å². The summed E-state index contributed by atoms with van der Waals surface area (Å²) in [4.78, 5) is 11.6. The van der Waals surface area contributed by atoms with E-state index in [4.69, 9.17) is 15.3 Å². The summed E-state index contributed by atoms with van der Waals surface area (Å²) in [6, 6.07) is 0. The van der Waals surface area contributed by atoms with Gasteiger partial charge < -0.3 is 20.6 Å². The van der Waals surface area contributed by atoms with Gasteiger partial charge >= 0.3 is 0 Å². The number of carbonyl (C=O) groups excluding carboxylic acids is 1. The van der Waals surface area contributed by atoms with E-state index in [9.17, 15) is 4.79 Å². The maximum absolute atomic E-state index is 11.6. The van der Waals surface area contributed by atoms with E-state index in [1.807, 2.05) is 6.92 Å². The van der Waals surface area contributed by atoms with E-state index < -0.39 is 31.3 Å². The molecule has 0 saturated heterocycles. The van der Waals surface area contributed by atoms with Crippen molar-refractivity contribution in [2.24, 2.45) is 0 Å². The maximum Gasteiger partial charge on any atom is 0.247 e. The standard InChI is InChI=1S/C11H19NO4/c1-3-4-5-9(2)10(16)12-11(6-13,7-14)8-15/h3-5,13-15H,6-8H2,1-2H3,(H,12,16). The molecule has 0 spiro atoms. The molecule has 92 valence electrons. The summed E-state index contributed by atoms with van der Waals surface area (Å²) in [5.41, 5.74) is -0.944. The summed E-state index contributed by atoms with van der Waals surface area (Å²) in [6.07, 6.45) is 5.08. The Hall–Kier alpha value is -1.17. The SMILES string of the molecule is CC=CC=C(C)C(=O)NC(CO)(CO)CO. The molecule has 0 aromatic rings. The lowest BCUT2D eigenvalue weighted by Gasteiger charge is -2.28. The first-order chi connectivity index (χ1) is 7.55. The molecule has 0 radical (unpaired) electrons. The first-order valence-electron chi connectivity index (χ1n) is 5.00. The largest absolute Gasteiger partial charge is 0.394 e. The minimum Gasteiger partial charge on any atom is -0.394 e. The Kier molecular flexibility index (Phi) is 6.64. The van der Waals surface area contributed by atoms with Gasteiger partial charge in [-0.25, -0.2) is 0 Å². The normalized spacial score (nSPS) is 13.2. The quantitative estimate of drug-likeness (QED) is 0.359. The van der Waals surface area contributed by atoms with Crippen LogP contribution in [0, 0.1) is 0 Å². The molecule has 0 bridgehead atoms. The zero-order valence-corrected chi connectivity index (χ0v) is 9.60. The third kappa shape index (κ3) is 4.14. The molecule has 0 aromatic carbocycles. The first kappa shape index (κ1) is 14.8. The number of carbonyl (C=O) groups is 1. The van der Waals surface area contributed by atoms with Crippen LogP contribution in [0.4, 0.5) is 0 Å². The number of rotatable bonds is 6. The van der Waals surface area contributed by atoms with Gasteiger partial charge in [-0.05, 0) is 13.8 Å². The Morgan fingerprint density at radius 1 is 1.25 bits per heavy atom. The fraction of sp³-hybridized carbons (Fsp3) is 0.545. The number of hydrogen-bond acceptors (Lipinski definition) is 4. The van der Waals surface area contributed by atoms with Crippen molar-refractivity contribution in [2.45, 2.75) is 19.4 Å². The average Bonchev–Trinajstić information content (AvgIpc) is 2.32. The molecule has 0 fully saturated rings. The Morgan fingerprint density at radius 2 is 1.75 bits per heavy atom. The molecule has 0 aromatic heterocycles. The Balaban J connectivity index is 4.64. The summed E-state index contributed by atoms with van der Waals surface area (Å²) in [5.74, 6) is -0.435. The predicted molar refractivity (Wildman–Crippen MR) is 60.7 cm³/mol. The van der Waals surface area contributed by atoms with Gasteiger partial charge in [0.05, 0.1) is 19.8 Å². The van der Waals surface area contributed by atoms with Crippen LogP contribution in [-0.2, 0) is 4.79 Å². The highest BCUT2D eigenvalue weighted by atomic mass is 16.3. The minimum atomic E-state index is -1.37. The topological polar surface area (TPSA) is 89.8 Å². The number of aliphatic hydroxyl groups is 3. The molecule has 0 aliphatic rings. The fourth-order valence-electron chi connectivity index (χ4n) is 0.924. The summed E-state index contributed by atoms with van der Waals surface area (Å²) >= 11 is 0. The fourth-order valence-corrected chi connectivity index (χ4v) is 0.924. The summed E-state index contributed by atoms with van der Waals surface area (Å²) in [5, 5.41) is 29.4. The van der Waals surface area contributed by atoms with E-state index in [1.54, 1.807) is 25.2 Å². The van der Waals surface area contributed by atoms with E-state index >= 15 is 0 Å². The van der Waals surface area contributed by atoms with Crippen molar-refractivity contribution in [3.8, 4) is 0 Å². The third-order valence-corrected chi connectivity index (χ3v) is 2.18. The highest BCUT2D eigenvalue weighted by Gasteiger charge is 2.30. The molecule has 1 amide bonds. The van der Waals surface area contributed by atoms with Gasteiger partial charge in [0.1, 0.15) is 5.54 Å². The van der Waals surface area contributed by atoms with Crippen LogP contribution >= 0.6 is 0 Å². The zero-order chi connectivity index (χ0) is 12.6. The summed E-state index contributed by atoms with van der Waals surface area (Å²) < 4.78 is 0. The van der Waals surface area contributed by atoms with E-state index in [1.165, 1.54) is 0 Å². The zero-order valence-electron chi connectivity index (χ0n) is 9.60. The van der Waals surface area contributed by atoms with E-state index in [2.05, 4.69) is 5.32 Å². The van der Waals surface area contributed by atoms with E-state index in [0.29, 0.717) is 5.57 Å². The lowest BCUT2D eigenvalue weighted by Crippen LogP contribution is -2.57. The van der Waals surface area contributed by atoms with Gasteiger partial charge in [-0.1, -0.05) is 18.2 Å². The van der Waals surface area contributed by atoms with Crippen LogP contribution < -0.4 is 5.32 Å². The number of allylic oxidation sites excluding steroid dienone is 3. The van der Waals surface area contributed by atoms with Gasteiger partial charge in [0, 0.05) is 5.57 Å². The molecule has 5 nitrogen and oxygen atoms in total. The summed E-state index contributed by atoms with van der Waals surface area (Å²) in [6.45, 7) is 1.85. The van der Waals surface area contributed by atoms with Crippen molar-refractivity contribution in [1.29, 1.82) is 0 Å². The molecule has 5 heteroatoms. The van der Waals surface area contributed by atoms with Crippen LogP contribution in [0.25, 0.3) is 0 Å². The Labute approximate surface area is 95.1 Å². The predicted octanol–water partition coefficient (Wildman–Crippen LogP) is -0.659. The second kappa shape index (κ2) is 7.16. The molecular weight excluding hydrogens is 210 g/mol. The van der Waals surface area contributed by atoms with Crippen LogP contribution in [0.3, 0.4) is 0 Å². The van der Waals surface area contributed by atoms with Gasteiger partial charge in [-0.2, -0.15) is 0 Å². The molecule has 0 aliphatic carbocycles. The molecule has 16 heavy (non-hydrogen) atoms. The van der Waals surface area contributed by atoms with Gasteiger partial charge in [-0.3, -0.25) is 4.79 Å². The van der Waals surface area contributed by atoms with E-state index in [0.717, 1.165) is 0 Å². The second-order valence-corrected chi connectivity index (χ2v) is 3.58. The molecular formula is C11H19NO4. The Morgan fingerprint density at radius 3 is 2.12 bits per heavy atom. The van der Waals surface area contributed by atoms with Crippen molar-refractivity contribution >= 4 is 5.91 Å². The van der Waals surface area contributed by atoms with Crippen LogP contribution in [0.5, 0.6) is 0 Å². The molecule has 4 N–H and O–H groups in total. The number of hydrogen-bond donors (Lipinski definition) is 4. The molecule has 0 aliphatic heterocycles. The molecule has 0 heterocycles. The van der Waals surface area contributed by atoms with Gasteiger partial charge in [0.25, 0.3) is 0 Å². The number of aliphatic hydroxyl groups excluding tert-OH is 3. The van der Waals surface area contributed by atoms with E-state index in [-0.39, 0.29) is 0 Å². The van der Waals surface area contributed by atoms with Crippen molar-refractivity contribution in [2.75, 3.05) is 19.8 Å². The number of amides is 1. The second-order valence-electron chi connectivity index (χ2n) is 3.58. The lowest BCUT2D eigenvalue weighted by atomic mass is 10.0. The van der Waals surface area contributed by atoms with Crippen LogP contribution in [0.1, 0.15) is 13.8 Å². The van der Waals surface area contributed by atoms with Gasteiger partial charge in [0.15, 0.2) is 0 Å². The number of nitrogens with one attached hydrogen (secondary N) is 1. The average molecular weight is 229 g/mol. The van der Waals surface area contributed by atoms with Gasteiger partial charge in [-0.15, -0.1) is 0 Å². The molecule has 0 rings (SSSR count). The minimum absolute atomic E-state index is 0.429. The first-order valence-corrected chi connectivity index (χ1v) is 5.00. The van der Waals surface area contributed by atoms with Crippen molar-refractivity contribution in [3.63, 3.8) is 0 Å². The Bertz CT molecular complexity index is 271. The highest BCUT2D eigenvalue weighted by Crippen LogP contribution is 2.04. The van der Waals surface area contributed by atoms with Crippen LogP contribution in [-0.4, -0.2) is 46.6 Å². The third-order valence-electron chi connectivity index (χ3n) is 2.18. The maximum atomic E-state index is 11.6. The monoisotopic (exact) mass is 229 g/mol. The summed E-state index contributed by atoms with van der Waals surface area (Å²) in [7, 11) is 0. The van der Waals surface area contributed by atoms with Crippen molar-refractivity contribution in [3.05, 3.63) is 23.8 Å². The van der Waals surface area contributed by atoms with Crippen molar-refractivity contribution < 1.29 is 20.1 Å². The highest BCUT2D eigenvalue weighted by molar-refractivity contribution is 5.93. The molecule has 0 saturated carbocycles. The van der Waals surface area contributed by atoms with Crippen molar-refractivity contribution in [1.82, 2.24) is 5.32 Å².